The van der Waals surface area contributed by atoms with Gasteiger partial charge in [0.05, 0.1) is 5.25 Å². The van der Waals surface area contributed by atoms with Gasteiger partial charge in [-0.2, -0.15) is 0 Å². The summed E-state index contributed by atoms with van der Waals surface area (Å²) in [5.41, 5.74) is 5.18. The van der Waals surface area contributed by atoms with E-state index in [2.05, 4.69) is 24.0 Å². The quantitative estimate of drug-likeness (QED) is 0.808. The van der Waals surface area contributed by atoms with E-state index in [4.69, 9.17) is 5.73 Å². The lowest BCUT2D eigenvalue weighted by Crippen LogP contribution is -2.22. The van der Waals surface area contributed by atoms with Gasteiger partial charge in [-0.15, -0.1) is 10.2 Å². The van der Waals surface area contributed by atoms with Crippen LogP contribution in [0.15, 0.2) is 8.68 Å². The molecule has 4 nitrogen and oxygen atoms in total. The first-order chi connectivity index (χ1) is 7.49. The van der Waals surface area contributed by atoms with Gasteiger partial charge in [0.1, 0.15) is 0 Å². The van der Waals surface area contributed by atoms with Crippen LogP contribution in [0, 0.1) is 5.92 Å². The minimum absolute atomic E-state index is 0.254. The fourth-order valence-corrected chi connectivity index (χ4v) is 3.84. The maximum absolute atomic E-state index is 10.9. The topological polar surface area (TPSA) is 68.9 Å². The number of hydrogen-bond acceptors (Lipinski definition) is 6. The van der Waals surface area contributed by atoms with Crippen LogP contribution >= 0.6 is 34.9 Å². The summed E-state index contributed by atoms with van der Waals surface area (Å²) in [5, 5.41) is 7.82. The Bertz CT molecular complexity index is 354. The second kappa shape index (κ2) is 6.46. The van der Waals surface area contributed by atoms with E-state index in [-0.39, 0.29) is 11.2 Å². The Hall–Kier alpha value is -0.270. The van der Waals surface area contributed by atoms with Crippen LogP contribution in [0.2, 0.25) is 0 Å². The van der Waals surface area contributed by atoms with Crippen molar-refractivity contribution in [1.29, 1.82) is 0 Å². The lowest BCUT2D eigenvalue weighted by molar-refractivity contribution is -0.117. The van der Waals surface area contributed by atoms with Gasteiger partial charge in [-0.3, -0.25) is 4.79 Å². The Balaban J connectivity index is 2.48. The Morgan fingerprint density at radius 3 is 2.56 bits per heavy atom. The van der Waals surface area contributed by atoms with Crippen molar-refractivity contribution in [2.45, 2.75) is 34.7 Å². The lowest BCUT2D eigenvalue weighted by atomic mass is 10.3. The van der Waals surface area contributed by atoms with E-state index in [1.165, 1.54) is 23.1 Å². The molecule has 1 rings (SSSR count). The predicted molar refractivity (Wildman–Crippen MR) is 70.0 cm³/mol. The molecule has 0 fully saturated rings. The summed E-state index contributed by atoms with van der Waals surface area (Å²) in [5.74, 6) is 1.34. The molecule has 0 aliphatic rings. The van der Waals surface area contributed by atoms with Crippen molar-refractivity contribution >= 4 is 40.8 Å². The number of carbonyl (C=O) groups excluding carboxylic acids is 1. The van der Waals surface area contributed by atoms with Gasteiger partial charge < -0.3 is 5.73 Å². The van der Waals surface area contributed by atoms with E-state index in [0.29, 0.717) is 5.92 Å². The van der Waals surface area contributed by atoms with E-state index in [0.717, 1.165) is 14.4 Å². The molecule has 7 heteroatoms. The van der Waals surface area contributed by atoms with Gasteiger partial charge in [0, 0.05) is 5.75 Å². The highest BCUT2D eigenvalue weighted by Gasteiger charge is 2.14. The summed E-state index contributed by atoms with van der Waals surface area (Å²) in [7, 11) is 0. The van der Waals surface area contributed by atoms with Gasteiger partial charge in [0.15, 0.2) is 8.68 Å². The molecule has 0 aliphatic heterocycles. The highest BCUT2D eigenvalue weighted by atomic mass is 32.2. The average molecular weight is 277 g/mol. The molecule has 0 unspecified atom stereocenters. The van der Waals surface area contributed by atoms with Crippen molar-refractivity contribution in [3.63, 3.8) is 0 Å². The zero-order valence-corrected chi connectivity index (χ0v) is 11.9. The number of amides is 1. The number of nitrogens with two attached hydrogens (primary N) is 1. The smallest absolute Gasteiger partial charge is 0.230 e. The van der Waals surface area contributed by atoms with Gasteiger partial charge in [0.25, 0.3) is 0 Å². The van der Waals surface area contributed by atoms with Crippen molar-refractivity contribution in [2.24, 2.45) is 11.7 Å². The molecule has 1 aromatic heterocycles. The van der Waals surface area contributed by atoms with Crippen molar-refractivity contribution in [1.82, 2.24) is 10.2 Å². The summed E-state index contributed by atoms with van der Waals surface area (Å²) in [6, 6.07) is 0. The molecule has 16 heavy (non-hydrogen) atoms. The van der Waals surface area contributed by atoms with Crippen LogP contribution in [0.25, 0.3) is 0 Å². The van der Waals surface area contributed by atoms with E-state index >= 15 is 0 Å². The Kier molecular flexibility index (Phi) is 5.57. The first kappa shape index (κ1) is 13.8. The number of primary amides is 1. The Morgan fingerprint density at radius 1 is 1.38 bits per heavy atom. The van der Waals surface area contributed by atoms with Crippen LogP contribution in [0.3, 0.4) is 0 Å². The van der Waals surface area contributed by atoms with E-state index in [1.807, 2.05) is 0 Å². The molecule has 0 spiro atoms. The molecule has 0 bridgehead atoms. The summed E-state index contributed by atoms with van der Waals surface area (Å²) >= 11 is 4.58. The van der Waals surface area contributed by atoms with E-state index in [9.17, 15) is 4.79 Å². The molecule has 1 heterocycles. The number of nitrogens with zero attached hydrogens (tertiary/aromatic N) is 2. The van der Waals surface area contributed by atoms with Gasteiger partial charge in [0.2, 0.25) is 5.91 Å². The maximum atomic E-state index is 10.9. The minimum atomic E-state index is -0.323. The molecule has 0 aliphatic carbocycles. The Labute approximate surface area is 108 Å². The molecular formula is C9H15N3OS3. The number of thioether (sulfide) groups is 2. The number of carbonyl (C=O) groups is 1. The second-order valence-corrected chi connectivity index (χ2v) is 7.53. The first-order valence-electron chi connectivity index (χ1n) is 4.91. The fourth-order valence-electron chi connectivity index (χ4n) is 0.750. The zero-order chi connectivity index (χ0) is 12.1. The third-order valence-electron chi connectivity index (χ3n) is 1.61. The normalized spacial score (nSPS) is 13.0. The van der Waals surface area contributed by atoms with Gasteiger partial charge in [-0.25, -0.2) is 0 Å². The van der Waals surface area contributed by atoms with Crippen molar-refractivity contribution in [2.75, 3.05) is 5.75 Å². The molecule has 0 saturated carbocycles. The molecule has 1 amide bonds. The van der Waals surface area contributed by atoms with Crippen molar-refractivity contribution in [3.8, 4) is 0 Å². The monoisotopic (exact) mass is 277 g/mol. The number of aromatic nitrogens is 2. The third kappa shape index (κ3) is 4.71. The summed E-state index contributed by atoms with van der Waals surface area (Å²) < 4.78 is 1.76. The SMILES string of the molecule is CC(C)CSc1nnc(S[C@H](C)C(N)=O)s1. The van der Waals surface area contributed by atoms with Crippen LogP contribution in [-0.2, 0) is 4.79 Å². The van der Waals surface area contributed by atoms with E-state index in [1.54, 1.807) is 18.7 Å². The highest BCUT2D eigenvalue weighted by molar-refractivity contribution is 8.03. The molecule has 0 saturated heterocycles. The van der Waals surface area contributed by atoms with Crippen molar-refractivity contribution < 1.29 is 4.79 Å². The van der Waals surface area contributed by atoms with Crippen LogP contribution in [-0.4, -0.2) is 27.1 Å². The van der Waals surface area contributed by atoms with Gasteiger partial charge in [-0.05, 0) is 12.8 Å². The molecular weight excluding hydrogens is 262 g/mol. The summed E-state index contributed by atoms with van der Waals surface area (Å²) in [4.78, 5) is 10.9. The Morgan fingerprint density at radius 2 is 2.00 bits per heavy atom. The van der Waals surface area contributed by atoms with Gasteiger partial charge >= 0.3 is 0 Å². The molecule has 1 aromatic rings. The van der Waals surface area contributed by atoms with Crippen LogP contribution in [0.4, 0.5) is 0 Å². The van der Waals surface area contributed by atoms with E-state index < -0.39 is 0 Å². The fraction of sp³-hybridized carbons (Fsp3) is 0.667. The molecule has 0 aromatic carbocycles. The number of rotatable bonds is 6. The molecule has 2 N–H and O–H groups in total. The highest BCUT2D eigenvalue weighted by Crippen LogP contribution is 2.31. The molecule has 90 valence electrons. The molecule has 0 radical (unpaired) electrons. The first-order valence-corrected chi connectivity index (χ1v) is 7.59. The lowest BCUT2D eigenvalue weighted by Gasteiger charge is -2.01. The number of hydrogen-bond donors (Lipinski definition) is 1. The maximum Gasteiger partial charge on any atom is 0.230 e. The predicted octanol–water partition coefficient (Wildman–Crippen LogP) is 2.25. The minimum Gasteiger partial charge on any atom is -0.369 e. The zero-order valence-electron chi connectivity index (χ0n) is 9.47. The van der Waals surface area contributed by atoms with Crippen LogP contribution in [0.5, 0.6) is 0 Å². The summed E-state index contributed by atoms with van der Waals surface area (Å²) in [6.07, 6.45) is 0. The standard InChI is InChI=1S/C9H15N3OS3/c1-5(2)4-14-8-11-12-9(16-8)15-6(3)7(10)13/h5-6H,4H2,1-3H3,(H2,10,13)/t6-/m1/s1. The van der Waals surface area contributed by atoms with Crippen molar-refractivity contribution in [3.05, 3.63) is 0 Å². The second-order valence-electron chi connectivity index (χ2n) is 3.70. The third-order valence-corrected chi connectivity index (χ3v) is 5.29. The van der Waals surface area contributed by atoms with Crippen LogP contribution < -0.4 is 5.73 Å². The van der Waals surface area contributed by atoms with Gasteiger partial charge in [-0.1, -0.05) is 48.7 Å². The van der Waals surface area contributed by atoms with Crippen LogP contribution in [0.1, 0.15) is 20.8 Å². The molecule has 1 atom stereocenters. The largest absolute Gasteiger partial charge is 0.369 e. The average Bonchev–Trinajstić information content (AvgIpc) is 2.62. The summed E-state index contributed by atoms with van der Waals surface area (Å²) in [6.45, 7) is 6.10.